The first kappa shape index (κ1) is 15.6. The van der Waals surface area contributed by atoms with Gasteiger partial charge in [0.15, 0.2) is 0 Å². The van der Waals surface area contributed by atoms with Gasteiger partial charge in [-0.3, -0.25) is 4.90 Å². The molecule has 112 valence electrons. The lowest BCUT2D eigenvalue weighted by molar-refractivity contribution is 0.107. The molecule has 0 aromatic carbocycles. The van der Waals surface area contributed by atoms with Crippen molar-refractivity contribution in [3.8, 4) is 0 Å². The molecule has 0 spiro atoms. The Hall–Kier alpha value is -0.800. The van der Waals surface area contributed by atoms with Crippen molar-refractivity contribution in [2.24, 2.45) is 11.3 Å². The summed E-state index contributed by atoms with van der Waals surface area (Å²) in [5, 5.41) is 3.84. The normalized spacial score (nSPS) is 18.2. The minimum absolute atomic E-state index is 0.425. The molecule has 20 heavy (non-hydrogen) atoms. The Morgan fingerprint density at radius 2 is 1.95 bits per heavy atom. The minimum Gasteiger partial charge on any atom is -0.373 e. The van der Waals surface area contributed by atoms with Gasteiger partial charge in [0.05, 0.1) is 10.7 Å². The van der Waals surface area contributed by atoms with Crippen LogP contribution in [0.25, 0.3) is 0 Å². The maximum atomic E-state index is 6.26. The lowest BCUT2D eigenvalue weighted by Crippen LogP contribution is -2.37. The van der Waals surface area contributed by atoms with E-state index in [1.54, 1.807) is 0 Å². The number of nitrogens with one attached hydrogen (secondary N) is 1. The Morgan fingerprint density at radius 1 is 1.30 bits per heavy atom. The molecule has 3 nitrogen and oxygen atoms in total. The van der Waals surface area contributed by atoms with E-state index in [0.29, 0.717) is 5.41 Å². The summed E-state index contributed by atoms with van der Waals surface area (Å²) in [7, 11) is 1.88. The summed E-state index contributed by atoms with van der Waals surface area (Å²) in [5.41, 5.74) is 1.40. The van der Waals surface area contributed by atoms with Gasteiger partial charge in [-0.15, -0.1) is 0 Å². The highest BCUT2D eigenvalue weighted by molar-refractivity contribution is 6.31. The number of hydrogen-bond donors (Lipinski definition) is 1. The van der Waals surface area contributed by atoms with Crippen molar-refractivity contribution < 1.29 is 0 Å². The van der Waals surface area contributed by atoms with Crippen LogP contribution in [0.3, 0.4) is 0 Å². The van der Waals surface area contributed by atoms with Gasteiger partial charge >= 0.3 is 0 Å². The molecular formula is C16H26ClN3. The maximum Gasteiger partial charge on any atom is 0.126 e. The molecule has 1 saturated heterocycles. The molecule has 0 saturated carbocycles. The average Bonchev–Trinajstić information content (AvgIpc) is 2.41. The third kappa shape index (κ3) is 3.86. The summed E-state index contributed by atoms with van der Waals surface area (Å²) >= 11 is 6.26. The summed E-state index contributed by atoms with van der Waals surface area (Å²) in [6.45, 7) is 10.2. The number of hydrogen-bond acceptors (Lipinski definition) is 3. The quantitative estimate of drug-likeness (QED) is 0.912. The van der Waals surface area contributed by atoms with E-state index in [9.17, 15) is 0 Å². The molecule has 0 bridgehead atoms. The zero-order valence-corrected chi connectivity index (χ0v) is 13.8. The topological polar surface area (TPSA) is 28.2 Å². The molecule has 1 aromatic rings. The Morgan fingerprint density at radius 3 is 2.50 bits per heavy atom. The maximum absolute atomic E-state index is 6.26. The molecule has 2 heterocycles. The number of aromatic nitrogens is 1. The Balaban J connectivity index is 1.96. The SMILES string of the molecule is CNc1ccc(Cl)c(CN2CCC(C(C)(C)C)CC2)n1. The van der Waals surface area contributed by atoms with Gasteiger partial charge < -0.3 is 5.32 Å². The third-order valence-corrected chi connectivity index (χ3v) is 4.70. The van der Waals surface area contributed by atoms with Crippen LogP contribution >= 0.6 is 11.6 Å². The second-order valence-electron chi connectivity index (χ2n) is 6.79. The third-order valence-electron chi connectivity index (χ3n) is 4.36. The number of anilines is 1. The summed E-state index contributed by atoms with van der Waals surface area (Å²) in [5.74, 6) is 1.71. The van der Waals surface area contributed by atoms with E-state index in [1.807, 2.05) is 19.2 Å². The molecule has 1 N–H and O–H groups in total. The zero-order valence-electron chi connectivity index (χ0n) is 13.0. The van der Waals surface area contributed by atoms with Crippen LogP contribution in [0.5, 0.6) is 0 Å². The van der Waals surface area contributed by atoms with Gasteiger partial charge in [-0.2, -0.15) is 0 Å². The lowest BCUT2D eigenvalue weighted by Gasteiger charge is -2.38. The van der Waals surface area contributed by atoms with Crippen LogP contribution in [0.15, 0.2) is 12.1 Å². The van der Waals surface area contributed by atoms with E-state index < -0.39 is 0 Å². The van der Waals surface area contributed by atoms with Crippen LogP contribution < -0.4 is 5.32 Å². The molecule has 1 aromatic heterocycles. The predicted molar refractivity (Wildman–Crippen MR) is 86.2 cm³/mol. The first-order chi connectivity index (χ1) is 9.40. The second-order valence-corrected chi connectivity index (χ2v) is 7.20. The molecule has 1 aliphatic rings. The summed E-state index contributed by atoms with van der Waals surface area (Å²) in [4.78, 5) is 7.04. The standard InChI is InChI=1S/C16H26ClN3/c1-16(2,3)12-7-9-20(10-8-12)11-14-13(17)5-6-15(18-4)19-14/h5-6,12H,7-11H2,1-4H3,(H,18,19). The molecule has 0 radical (unpaired) electrons. The van der Waals surface area contributed by atoms with Crippen LogP contribution in [-0.4, -0.2) is 30.0 Å². The molecule has 1 aliphatic heterocycles. The number of halogens is 1. The van der Waals surface area contributed by atoms with Gasteiger partial charge in [-0.25, -0.2) is 4.98 Å². The average molecular weight is 296 g/mol. The minimum atomic E-state index is 0.425. The van der Waals surface area contributed by atoms with E-state index in [2.05, 4.69) is 36.0 Å². The molecule has 0 atom stereocenters. The number of rotatable bonds is 3. The number of piperidine rings is 1. The lowest BCUT2D eigenvalue weighted by atomic mass is 9.75. The number of likely N-dealkylation sites (tertiary alicyclic amines) is 1. The molecule has 2 rings (SSSR count). The first-order valence-corrected chi connectivity index (χ1v) is 7.83. The fourth-order valence-electron chi connectivity index (χ4n) is 2.90. The molecule has 4 heteroatoms. The van der Waals surface area contributed by atoms with Gasteiger partial charge in [0.25, 0.3) is 0 Å². The summed E-state index contributed by atoms with van der Waals surface area (Å²) in [6.07, 6.45) is 2.54. The van der Waals surface area contributed by atoms with Crippen molar-refractivity contribution in [1.29, 1.82) is 0 Å². The highest BCUT2D eigenvalue weighted by atomic mass is 35.5. The van der Waals surface area contributed by atoms with Gasteiger partial charge in [0.2, 0.25) is 0 Å². The van der Waals surface area contributed by atoms with Crippen LogP contribution in [0, 0.1) is 11.3 Å². The highest BCUT2D eigenvalue weighted by Gasteiger charge is 2.28. The van der Waals surface area contributed by atoms with E-state index in [1.165, 1.54) is 12.8 Å². The van der Waals surface area contributed by atoms with E-state index in [-0.39, 0.29) is 0 Å². The van der Waals surface area contributed by atoms with Crippen molar-refractivity contribution in [2.45, 2.75) is 40.2 Å². The van der Waals surface area contributed by atoms with Crippen LogP contribution in [-0.2, 0) is 6.54 Å². The van der Waals surface area contributed by atoms with Gasteiger partial charge in [-0.1, -0.05) is 32.4 Å². The van der Waals surface area contributed by atoms with Crippen molar-refractivity contribution >= 4 is 17.4 Å². The van der Waals surface area contributed by atoms with Crippen LogP contribution in [0.2, 0.25) is 5.02 Å². The van der Waals surface area contributed by atoms with E-state index in [0.717, 1.165) is 42.1 Å². The van der Waals surface area contributed by atoms with E-state index in [4.69, 9.17) is 11.6 Å². The van der Waals surface area contributed by atoms with Crippen molar-refractivity contribution in [2.75, 3.05) is 25.5 Å². The molecular weight excluding hydrogens is 270 g/mol. The molecule has 1 fully saturated rings. The van der Waals surface area contributed by atoms with Gasteiger partial charge in [0, 0.05) is 13.6 Å². The van der Waals surface area contributed by atoms with Crippen molar-refractivity contribution in [3.05, 3.63) is 22.8 Å². The Labute approximate surface area is 127 Å². The fraction of sp³-hybridized carbons (Fsp3) is 0.688. The Bertz CT molecular complexity index is 446. The largest absolute Gasteiger partial charge is 0.373 e. The van der Waals surface area contributed by atoms with Crippen LogP contribution in [0.4, 0.5) is 5.82 Å². The second kappa shape index (κ2) is 6.31. The molecule has 0 unspecified atom stereocenters. The smallest absolute Gasteiger partial charge is 0.126 e. The highest BCUT2D eigenvalue weighted by Crippen LogP contribution is 2.34. The van der Waals surface area contributed by atoms with Crippen LogP contribution in [0.1, 0.15) is 39.3 Å². The number of nitrogens with zero attached hydrogens (tertiary/aromatic N) is 2. The first-order valence-electron chi connectivity index (χ1n) is 7.45. The monoisotopic (exact) mass is 295 g/mol. The van der Waals surface area contributed by atoms with Crippen molar-refractivity contribution in [3.63, 3.8) is 0 Å². The fourth-order valence-corrected chi connectivity index (χ4v) is 3.07. The number of pyridine rings is 1. The van der Waals surface area contributed by atoms with Gasteiger partial charge in [-0.05, 0) is 49.4 Å². The molecule has 0 aliphatic carbocycles. The summed E-state index contributed by atoms with van der Waals surface area (Å²) in [6, 6.07) is 3.84. The van der Waals surface area contributed by atoms with Gasteiger partial charge in [0.1, 0.15) is 5.82 Å². The predicted octanol–water partition coefficient (Wildman–Crippen LogP) is 4.03. The summed E-state index contributed by atoms with van der Waals surface area (Å²) < 4.78 is 0. The van der Waals surface area contributed by atoms with Crippen molar-refractivity contribution in [1.82, 2.24) is 9.88 Å². The molecule has 0 amide bonds. The van der Waals surface area contributed by atoms with E-state index >= 15 is 0 Å². The zero-order chi connectivity index (χ0) is 14.8. The Kier molecular flexibility index (Phi) is 4.92.